The summed E-state index contributed by atoms with van der Waals surface area (Å²) in [5.74, 6) is 1.34. The van der Waals surface area contributed by atoms with Crippen LogP contribution >= 0.6 is 0 Å². The Bertz CT molecular complexity index is 357. The van der Waals surface area contributed by atoms with E-state index in [0.29, 0.717) is 11.8 Å². The highest BCUT2D eigenvalue weighted by Gasteiger charge is 2.64. The van der Waals surface area contributed by atoms with Crippen LogP contribution in [0.1, 0.15) is 91.9 Å². The van der Waals surface area contributed by atoms with Gasteiger partial charge in [-0.05, 0) is 58.3 Å². The average Bonchev–Trinajstić information content (AvgIpc) is 2.59. The summed E-state index contributed by atoms with van der Waals surface area (Å²) in [5, 5.41) is 0.0324. The molecule has 0 spiro atoms. The van der Waals surface area contributed by atoms with Gasteiger partial charge in [-0.25, -0.2) is 0 Å². The van der Waals surface area contributed by atoms with Gasteiger partial charge in [-0.3, -0.25) is 0 Å². The predicted octanol–water partition coefficient (Wildman–Crippen LogP) is 5.95. The van der Waals surface area contributed by atoms with Crippen molar-refractivity contribution in [1.82, 2.24) is 0 Å². The highest BCUT2D eigenvalue weighted by atomic mass is 28.4. The second-order valence-corrected chi connectivity index (χ2v) is 12.3. The fourth-order valence-electron chi connectivity index (χ4n) is 5.36. The van der Waals surface area contributed by atoms with E-state index in [0.717, 1.165) is 0 Å². The second-order valence-electron chi connectivity index (χ2n) is 9.13. The van der Waals surface area contributed by atoms with E-state index < -0.39 is 8.80 Å². The molecule has 0 aliphatic heterocycles. The van der Waals surface area contributed by atoms with E-state index in [1.807, 2.05) is 14.2 Å². The van der Waals surface area contributed by atoms with Gasteiger partial charge in [-0.2, -0.15) is 0 Å². The van der Waals surface area contributed by atoms with E-state index >= 15 is 0 Å². The first-order valence-electron chi connectivity index (χ1n) is 10.1. The Balaban J connectivity index is 2.43. The van der Waals surface area contributed by atoms with Crippen molar-refractivity contribution in [3.05, 3.63) is 0 Å². The molecule has 0 bridgehead atoms. The van der Waals surface area contributed by atoms with Crippen molar-refractivity contribution in [2.75, 3.05) is 14.2 Å². The van der Waals surface area contributed by atoms with Crippen LogP contribution in [0.3, 0.4) is 0 Å². The minimum atomic E-state index is -2.81. The summed E-state index contributed by atoms with van der Waals surface area (Å²) >= 11 is 0. The highest BCUT2D eigenvalue weighted by Crippen LogP contribution is 2.60. The van der Waals surface area contributed by atoms with Gasteiger partial charge >= 0.3 is 8.80 Å². The van der Waals surface area contributed by atoms with E-state index in [-0.39, 0.29) is 10.6 Å². The molecule has 2 rings (SSSR count). The molecule has 0 unspecified atom stereocenters. The smallest absolute Gasteiger partial charge is 0.376 e. The SMILES string of the molecule is CO[Si](OC)(OC(C)(C)C)C(C)(C1CCCCC1)C1CCCCC1. The highest BCUT2D eigenvalue weighted by molar-refractivity contribution is 6.64. The van der Waals surface area contributed by atoms with Crippen LogP contribution in [-0.4, -0.2) is 28.6 Å². The van der Waals surface area contributed by atoms with Crippen molar-refractivity contribution in [2.24, 2.45) is 11.8 Å². The lowest BCUT2D eigenvalue weighted by Gasteiger charge is -2.54. The fraction of sp³-hybridized carbons (Fsp3) is 1.00. The topological polar surface area (TPSA) is 27.7 Å². The molecule has 2 aliphatic carbocycles. The quantitative estimate of drug-likeness (QED) is 0.550. The summed E-state index contributed by atoms with van der Waals surface area (Å²) in [6.45, 7) is 8.86. The maximum absolute atomic E-state index is 6.69. The molecule has 0 aromatic heterocycles. The average molecular weight is 357 g/mol. The van der Waals surface area contributed by atoms with E-state index in [4.69, 9.17) is 13.3 Å². The summed E-state index contributed by atoms with van der Waals surface area (Å²) in [7, 11) is 0.842. The van der Waals surface area contributed by atoms with Crippen molar-refractivity contribution in [2.45, 2.75) is 103 Å². The van der Waals surface area contributed by atoms with Crippen molar-refractivity contribution in [3.8, 4) is 0 Å². The minimum absolute atomic E-state index is 0.0324. The van der Waals surface area contributed by atoms with Crippen LogP contribution in [-0.2, 0) is 13.3 Å². The monoisotopic (exact) mass is 356 g/mol. The minimum Gasteiger partial charge on any atom is -0.376 e. The van der Waals surface area contributed by atoms with Gasteiger partial charge in [0.25, 0.3) is 0 Å². The van der Waals surface area contributed by atoms with Gasteiger partial charge in [-0.15, -0.1) is 0 Å². The first-order valence-corrected chi connectivity index (χ1v) is 11.8. The molecule has 0 aromatic rings. The molecule has 0 radical (unpaired) electrons. The van der Waals surface area contributed by atoms with Gasteiger partial charge < -0.3 is 13.3 Å². The van der Waals surface area contributed by atoms with Crippen molar-refractivity contribution < 1.29 is 13.3 Å². The van der Waals surface area contributed by atoms with Crippen LogP contribution in [0.4, 0.5) is 0 Å². The van der Waals surface area contributed by atoms with Crippen molar-refractivity contribution in [3.63, 3.8) is 0 Å². The van der Waals surface area contributed by atoms with Gasteiger partial charge in [0.05, 0.1) is 5.60 Å². The van der Waals surface area contributed by atoms with Crippen molar-refractivity contribution in [1.29, 1.82) is 0 Å². The zero-order valence-corrected chi connectivity index (χ0v) is 18.0. The molecule has 0 heterocycles. The molecule has 142 valence electrons. The molecule has 4 heteroatoms. The Labute approximate surface area is 151 Å². The van der Waals surface area contributed by atoms with Crippen LogP contribution in [0, 0.1) is 11.8 Å². The van der Waals surface area contributed by atoms with Gasteiger partial charge in [-0.1, -0.05) is 45.4 Å². The van der Waals surface area contributed by atoms with E-state index in [1.165, 1.54) is 64.2 Å². The van der Waals surface area contributed by atoms with Crippen LogP contribution in [0.15, 0.2) is 0 Å². The first-order chi connectivity index (χ1) is 11.3. The molecular formula is C20H40O3Si. The van der Waals surface area contributed by atoms with Gasteiger partial charge in [0.2, 0.25) is 0 Å². The molecule has 0 aromatic carbocycles. The fourth-order valence-corrected chi connectivity index (χ4v) is 9.17. The maximum atomic E-state index is 6.69. The largest absolute Gasteiger partial charge is 0.507 e. The van der Waals surface area contributed by atoms with Crippen LogP contribution in [0.5, 0.6) is 0 Å². The molecule has 0 saturated heterocycles. The van der Waals surface area contributed by atoms with Crippen LogP contribution in [0.25, 0.3) is 0 Å². The Morgan fingerprint density at radius 3 is 1.33 bits per heavy atom. The zero-order valence-electron chi connectivity index (χ0n) is 17.0. The van der Waals surface area contributed by atoms with Crippen LogP contribution < -0.4 is 0 Å². The summed E-state index contributed by atoms with van der Waals surface area (Å²) in [6, 6.07) is 0. The lowest BCUT2D eigenvalue weighted by atomic mass is 9.69. The summed E-state index contributed by atoms with van der Waals surface area (Å²) in [6.07, 6.45) is 13.4. The van der Waals surface area contributed by atoms with E-state index in [1.54, 1.807) is 0 Å². The third-order valence-electron chi connectivity index (χ3n) is 6.54. The number of hydrogen-bond donors (Lipinski definition) is 0. The first kappa shape index (κ1) is 20.4. The van der Waals surface area contributed by atoms with Gasteiger partial charge in [0, 0.05) is 19.3 Å². The van der Waals surface area contributed by atoms with Gasteiger partial charge in [0.1, 0.15) is 0 Å². The lowest BCUT2D eigenvalue weighted by molar-refractivity contribution is -0.0286. The predicted molar refractivity (Wildman–Crippen MR) is 102 cm³/mol. The Morgan fingerprint density at radius 1 is 0.667 bits per heavy atom. The summed E-state index contributed by atoms with van der Waals surface area (Å²) in [4.78, 5) is 0. The van der Waals surface area contributed by atoms with Crippen molar-refractivity contribution >= 4 is 8.80 Å². The van der Waals surface area contributed by atoms with E-state index in [2.05, 4.69) is 27.7 Å². The molecule has 3 nitrogen and oxygen atoms in total. The third-order valence-corrected chi connectivity index (χ3v) is 10.6. The van der Waals surface area contributed by atoms with Crippen LogP contribution in [0.2, 0.25) is 5.04 Å². The molecule has 0 N–H and O–H groups in total. The lowest BCUT2D eigenvalue weighted by Crippen LogP contribution is -2.62. The Kier molecular flexibility index (Phi) is 6.97. The molecule has 24 heavy (non-hydrogen) atoms. The molecule has 0 amide bonds. The number of hydrogen-bond acceptors (Lipinski definition) is 3. The standard InChI is InChI=1S/C20H40O3Si/c1-19(2,3)23-24(21-5,22-6)20(4,17-13-9-7-10-14-17)18-15-11-8-12-16-18/h17-18H,7-16H2,1-6H3. The molecule has 2 aliphatic rings. The molecule has 2 fully saturated rings. The normalized spacial score (nSPS) is 22.8. The second kappa shape index (κ2) is 8.19. The van der Waals surface area contributed by atoms with Gasteiger partial charge in [0.15, 0.2) is 0 Å². The summed E-state index contributed by atoms with van der Waals surface area (Å²) in [5.41, 5.74) is -0.247. The Morgan fingerprint density at radius 2 is 1.04 bits per heavy atom. The molecular weight excluding hydrogens is 316 g/mol. The molecule has 2 saturated carbocycles. The zero-order chi connectivity index (χ0) is 17.8. The Hall–Kier alpha value is 0.0969. The number of rotatable bonds is 6. The molecule has 0 atom stereocenters. The summed E-state index contributed by atoms with van der Waals surface area (Å²) < 4.78 is 19.1. The third kappa shape index (κ3) is 4.08. The van der Waals surface area contributed by atoms with E-state index in [9.17, 15) is 0 Å². The maximum Gasteiger partial charge on any atom is 0.507 e.